The highest BCUT2D eigenvalue weighted by Gasteiger charge is 2.11. The van der Waals surface area contributed by atoms with E-state index in [-0.39, 0.29) is 5.91 Å². The maximum absolute atomic E-state index is 12.7. The van der Waals surface area contributed by atoms with E-state index in [9.17, 15) is 9.59 Å². The first-order valence-electron chi connectivity index (χ1n) is 8.34. The molecule has 5 nitrogen and oxygen atoms in total. The highest BCUT2D eigenvalue weighted by atomic mass is 16.5. The maximum atomic E-state index is 12.7. The molecular formula is C21H19NO4. The predicted molar refractivity (Wildman–Crippen MR) is 101 cm³/mol. The summed E-state index contributed by atoms with van der Waals surface area (Å²) in [5.41, 5.74) is 2.35. The largest absolute Gasteiger partial charge is 0.482 e. The Hall–Kier alpha value is -3.34. The van der Waals surface area contributed by atoms with Crippen LogP contribution in [-0.2, 0) is 11.2 Å². The third-order valence-electron chi connectivity index (χ3n) is 4.05. The van der Waals surface area contributed by atoms with E-state index >= 15 is 0 Å². The van der Waals surface area contributed by atoms with E-state index in [1.54, 1.807) is 30.3 Å². The van der Waals surface area contributed by atoms with Gasteiger partial charge in [0.25, 0.3) is 5.91 Å². The van der Waals surface area contributed by atoms with E-state index in [1.807, 2.05) is 24.3 Å². The number of hydrogen-bond acceptors (Lipinski definition) is 3. The fraction of sp³-hybridized carbons (Fsp3) is 0.143. The summed E-state index contributed by atoms with van der Waals surface area (Å²) in [7, 11) is 0. The normalized spacial score (nSPS) is 10.5. The summed E-state index contributed by atoms with van der Waals surface area (Å²) in [4.78, 5) is 23.3. The molecule has 1 amide bonds. The molecule has 0 atom stereocenters. The molecule has 0 spiro atoms. The number of aryl methyl sites for hydroxylation is 1. The minimum absolute atomic E-state index is 0.227. The summed E-state index contributed by atoms with van der Waals surface area (Å²) < 4.78 is 5.14. The Morgan fingerprint density at radius 2 is 1.85 bits per heavy atom. The lowest BCUT2D eigenvalue weighted by atomic mass is 10.0. The van der Waals surface area contributed by atoms with Crippen molar-refractivity contribution in [2.75, 3.05) is 11.9 Å². The summed E-state index contributed by atoms with van der Waals surface area (Å²) in [5.74, 6) is -0.896. The van der Waals surface area contributed by atoms with Crippen LogP contribution in [0.25, 0.3) is 10.8 Å². The lowest BCUT2D eigenvalue weighted by Crippen LogP contribution is -2.13. The van der Waals surface area contributed by atoms with E-state index in [2.05, 4.69) is 18.3 Å². The molecular weight excluding hydrogens is 330 g/mol. The molecule has 0 aliphatic rings. The zero-order valence-electron chi connectivity index (χ0n) is 14.4. The number of aliphatic carboxylic acids is 1. The van der Waals surface area contributed by atoms with Gasteiger partial charge >= 0.3 is 5.97 Å². The molecule has 0 fully saturated rings. The Labute approximate surface area is 151 Å². The number of nitrogens with one attached hydrogen (secondary N) is 1. The van der Waals surface area contributed by atoms with Gasteiger partial charge in [-0.05, 0) is 41.0 Å². The molecule has 2 N–H and O–H groups in total. The molecule has 0 saturated carbocycles. The molecule has 0 aliphatic heterocycles. The third kappa shape index (κ3) is 4.00. The number of carbonyl (C=O) groups excluding carboxylic acids is 1. The van der Waals surface area contributed by atoms with Crippen molar-refractivity contribution in [1.29, 1.82) is 0 Å². The number of amides is 1. The monoisotopic (exact) mass is 349 g/mol. The van der Waals surface area contributed by atoms with Crippen molar-refractivity contribution in [3.8, 4) is 5.75 Å². The smallest absolute Gasteiger partial charge is 0.341 e. The average Bonchev–Trinajstić information content (AvgIpc) is 2.65. The summed E-state index contributed by atoms with van der Waals surface area (Å²) in [6.07, 6.45) is 0.940. The maximum Gasteiger partial charge on any atom is 0.341 e. The van der Waals surface area contributed by atoms with Crippen molar-refractivity contribution in [3.05, 3.63) is 71.8 Å². The van der Waals surface area contributed by atoms with Crippen LogP contribution in [0.3, 0.4) is 0 Å². The van der Waals surface area contributed by atoms with Gasteiger partial charge in [-0.2, -0.15) is 0 Å². The van der Waals surface area contributed by atoms with Crippen molar-refractivity contribution in [2.24, 2.45) is 0 Å². The first-order valence-corrected chi connectivity index (χ1v) is 8.34. The highest BCUT2D eigenvalue weighted by Crippen LogP contribution is 2.23. The fourth-order valence-corrected chi connectivity index (χ4v) is 2.76. The Kier molecular flexibility index (Phi) is 5.17. The molecule has 0 heterocycles. The second-order valence-electron chi connectivity index (χ2n) is 5.88. The van der Waals surface area contributed by atoms with Crippen LogP contribution in [0.2, 0.25) is 0 Å². The van der Waals surface area contributed by atoms with E-state index in [0.717, 1.165) is 17.2 Å². The van der Waals surface area contributed by atoms with Crippen LogP contribution < -0.4 is 10.1 Å². The standard InChI is InChI=1S/C21H19NO4/c1-2-14-9-10-18-15(11-14)5-3-8-19(18)21(25)22-16-6-4-7-17(12-16)26-13-20(23)24/h3-12H,2,13H2,1H3,(H,22,25)(H,23,24). The van der Waals surface area contributed by atoms with E-state index in [1.165, 1.54) is 5.56 Å². The minimum atomic E-state index is -1.05. The van der Waals surface area contributed by atoms with Crippen molar-refractivity contribution in [1.82, 2.24) is 0 Å². The van der Waals surface area contributed by atoms with E-state index in [4.69, 9.17) is 9.84 Å². The number of anilines is 1. The van der Waals surface area contributed by atoms with Crippen molar-refractivity contribution in [2.45, 2.75) is 13.3 Å². The van der Waals surface area contributed by atoms with Crippen molar-refractivity contribution >= 4 is 28.3 Å². The second-order valence-corrected chi connectivity index (χ2v) is 5.88. The van der Waals surface area contributed by atoms with Crippen LogP contribution in [-0.4, -0.2) is 23.6 Å². The zero-order valence-corrected chi connectivity index (χ0v) is 14.4. The fourth-order valence-electron chi connectivity index (χ4n) is 2.76. The average molecular weight is 349 g/mol. The van der Waals surface area contributed by atoms with Gasteiger partial charge in [0.15, 0.2) is 6.61 Å². The molecule has 0 aliphatic carbocycles. The van der Waals surface area contributed by atoms with Crippen molar-refractivity contribution < 1.29 is 19.4 Å². The molecule has 3 aromatic carbocycles. The van der Waals surface area contributed by atoms with Crippen LogP contribution in [0, 0.1) is 0 Å². The van der Waals surface area contributed by atoms with Gasteiger partial charge in [-0.1, -0.05) is 43.3 Å². The molecule has 0 saturated heterocycles. The highest BCUT2D eigenvalue weighted by molar-refractivity contribution is 6.13. The first-order chi connectivity index (χ1) is 12.6. The van der Waals surface area contributed by atoms with Crippen LogP contribution in [0.15, 0.2) is 60.7 Å². The number of carboxylic acid groups (broad SMARTS) is 1. The van der Waals surface area contributed by atoms with Gasteiger partial charge in [0.2, 0.25) is 0 Å². The van der Waals surface area contributed by atoms with E-state index in [0.29, 0.717) is 17.0 Å². The van der Waals surface area contributed by atoms with Gasteiger partial charge in [-0.25, -0.2) is 4.79 Å². The number of ether oxygens (including phenoxy) is 1. The van der Waals surface area contributed by atoms with Crippen LogP contribution in [0.5, 0.6) is 5.75 Å². The van der Waals surface area contributed by atoms with Gasteiger partial charge in [0.05, 0.1) is 0 Å². The Morgan fingerprint density at radius 3 is 2.62 bits per heavy atom. The minimum Gasteiger partial charge on any atom is -0.482 e. The topological polar surface area (TPSA) is 75.6 Å². The Morgan fingerprint density at radius 1 is 1.04 bits per heavy atom. The molecule has 132 valence electrons. The molecule has 5 heteroatoms. The number of carbonyl (C=O) groups is 2. The van der Waals surface area contributed by atoms with Crippen LogP contribution >= 0.6 is 0 Å². The number of benzene rings is 3. The molecule has 3 aromatic rings. The summed E-state index contributed by atoms with van der Waals surface area (Å²) in [5, 5.41) is 13.4. The van der Waals surface area contributed by atoms with Gasteiger partial charge in [-0.15, -0.1) is 0 Å². The second kappa shape index (κ2) is 7.70. The third-order valence-corrected chi connectivity index (χ3v) is 4.05. The Balaban J connectivity index is 1.83. The number of hydrogen-bond donors (Lipinski definition) is 2. The summed E-state index contributed by atoms with van der Waals surface area (Å²) in [6, 6.07) is 18.4. The molecule has 0 aromatic heterocycles. The summed E-state index contributed by atoms with van der Waals surface area (Å²) in [6.45, 7) is 1.66. The molecule has 3 rings (SSSR count). The molecule has 26 heavy (non-hydrogen) atoms. The molecule has 0 bridgehead atoms. The SMILES string of the molecule is CCc1ccc2c(C(=O)Nc3cccc(OCC(=O)O)c3)cccc2c1. The van der Waals surface area contributed by atoms with Gasteiger partial charge in [0, 0.05) is 17.3 Å². The quantitative estimate of drug-likeness (QED) is 0.702. The lowest BCUT2D eigenvalue weighted by molar-refractivity contribution is -0.139. The number of rotatable bonds is 6. The van der Waals surface area contributed by atoms with E-state index < -0.39 is 12.6 Å². The molecule has 0 unspecified atom stereocenters. The summed E-state index contributed by atoms with van der Waals surface area (Å²) >= 11 is 0. The van der Waals surface area contributed by atoms with Gasteiger partial charge in [-0.3, -0.25) is 4.79 Å². The van der Waals surface area contributed by atoms with Crippen LogP contribution in [0.4, 0.5) is 5.69 Å². The van der Waals surface area contributed by atoms with Crippen LogP contribution in [0.1, 0.15) is 22.8 Å². The number of carboxylic acids is 1. The van der Waals surface area contributed by atoms with Gasteiger partial charge in [0.1, 0.15) is 5.75 Å². The molecule has 0 radical (unpaired) electrons. The zero-order chi connectivity index (χ0) is 18.5. The lowest BCUT2D eigenvalue weighted by Gasteiger charge is -2.10. The Bertz CT molecular complexity index is 965. The van der Waals surface area contributed by atoms with Crippen molar-refractivity contribution in [3.63, 3.8) is 0 Å². The number of fused-ring (bicyclic) bond motifs is 1. The van der Waals surface area contributed by atoms with Gasteiger partial charge < -0.3 is 15.2 Å². The first kappa shape index (κ1) is 17.5. The predicted octanol–water partition coefficient (Wildman–Crippen LogP) is 4.12.